The zero-order chi connectivity index (χ0) is 18.1. The van der Waals surface area contributed by atoms with Gasteiger partial charge in [-0.25, -0.2) is 13.2 Å². The fourth-order valence-corrected chi connectivity index (χ4v) is 4.63. The van der Waals surface area contributed by atoms with Crippen LogP contribution in [-0.2, 0) is 19.4 Å². The van der Waals surface area contributed by atoms with Gasteiger partial charge in [0.05, 0.1) is 5.75 Å². The predicted molar refractivity (Wildman–Crippen MR) is 90.4 cm³/mol. The summed E-state index contributed by atoms with van der Waals surface area (Å²) in [4.78, 5) is 23.8. The van der Waals surface area contributed by atoms with Crippen molar-refractivity contribution < 1.29 is 23.1 Å². The number of rotatable bonds is 7. The van der Waals surface area contributed by atoms with Crippen LogP contribution in [0.25, 0.3) is 0 Å². The van der Waals surface area contributed by atoms with E-state index in [4.69, 9.17) is 0 Å². The van der Waals surface area contributed by atoms with Crippen LogP contribution in [0.2, 0.25) is 0 Å². The monoisotopic (exact) mass is 353 g/mol. The predicted octanol–water partition coefficient (Wildman–Crippen LogP) is 1.76. The van der Waals surface area contributed by atoms with Crippen molar-refractivity contribution in [1.82, 2.24) is 5.32 Å². The minimum atomic E-state index is -3.17. The van der Waals surface area contributed by atoms with E-state index in [1.54, 1.807) is 12.1 Å². The highest BCUT2D eigenvalue weighted by Crippen LogP contribution is 2.49. The lowest BCUT2D eigenvalue weighted by Crippen LogP contribution is -2.36. The second-order valence-corrected chi connectivity index (χ2v) is 9.15. The number of sulfone groups is 1. The largest absolute Gasteiger partial charge is 0.479 e. The summed E-state index contributed by atoms with van der Waals surface area (Å²) >= 11 is 0. The summed E-state index contributed by atoms with van der Waals surface area (Å²) in [5.74, 6) is -1.60. The van der Waals surface area contributed by atoms with Gasteiger partial charge in [-0.1, -0.05) is 29.3 Å². The van der Waals surface area contributed by atoms with Crippen molar-refractivity contribution in [2.24, 2.45) is 5.41 Å². The number of benzene rings is 1. The van der Waals surface area contributed by atoms with Gasteiger partial charge in [-0.15, -0.1) is 0 Å². The third-order valence-electron chi connectivity index (χ3n) is 4.19. The van der Waals surface area contributed by atoms with Crippen LogP contribution in [0.4, 0.5) is 0 Å². The molecule has 1 aliphatic rings. The minimum Gasteiger partial charge on any atom is -0.479 e. The summed E-state index contributed by atoms with van der Waals surface area (Å²) in [6.07, 6.45) is 2.54. The first kappa shape index (κ1) is 18.4. The van der Waals surface area contributed by atoms with Crippen LogP contribution in [0, 0.1) is 19.3 Å². The van der Waals surface area contributed by atoms with Crippen molar-refractivity contribution in [2.45, 2.75) is 39.2 Å². The van der Waals surface area contributed by atoms with E-state index in [-0.39, 0.29) is 12.2 Å². The van der Waals surface area contributed by atoms with E-state index in [1.807, 2.05) is 19.9 Å². The molecule has 1 fully saturated rings. The molecule has 0 aliphatic heterocycles. The van der Waals surface area contributed by atoms with Gasteiger partial charge in [0.1, 0.15) is 9.84 Å². The molecule has 1 aromatic rings. The molecule has 1 aliphatic carbocycles. The Kier molecular flexibility index (Phi) is 5.03. The van der Waals surface area contributed by atoms with Gasteiger partial charge in [-0.05, 0) is 37.7 Å². The molecule has 0 bridgehead atoms. The van der Waals surface area contributed by atoms with Crippen LogP contribution in [-0.4, -0.2) is 37.4 Å². The zero-order valence-electron chi connectivity index (χ0n) is 14.1. The zero-order valence-corrected chi connectivity index (χ0v) is 14.9. The number of carbonyl (C=O) groups is 2. The summed E-state index contributed by atoms with van der Waals surface area (Å²) in [6, 6.07) is 4.26. The van der Waals surface area contributed by atoms with Gasteiger partial charge in [0.2, 0.25) is 5.91 Å². The smallest absolute Gasteiger partial charge is 0.330 e. The van der Waals surface area contributed by atoms with E-state index >= 15 is 0 Å². The number of carboxylic acids is 1. The Morgan fingerprint density at radius 3 is 2.17 bits per heavy atom. The SMILES string of the molecule is Cc1cc(C)cc(C(NC(=O)CC2(CS(C)(=O)=O)CC2)C(=O)O)c1. The Bertz CT molecular complexity index is 745. The molecule has 1 aromatic carbocycles. The molecule has 0 aromatic heterocycles. The third-order valence-corrected chi connectivity index (χ3v) is 5.33. The molecule has 6 nitrogen and oxygen atoms in total. The summed E-state index contributed by atoms with van der Waals surface area (Å²) in [6.45, 7) is 3.73. The Morgan fingerprint density at radius 1 is 1.21 bits per heavy atom. The number of nitrogens with one attached hydrogen (secondary N) is 1. The highest BCUT2D eigenvalue weighted by atomic mass is 32.2. The molecule has 0 saturated heterocycles. The molecule has 0 radical (unpaired) electrons. The van der Waals surface area contributed by atoms with Crippen molar-refractivity contribution in [3.8, 4) is 0 Å². The summed E-state index contributed by atoms with van der Waals surface area (Å²) in [5.41, 5.74) is 1.83. The molecule has 1 unspecified atom stereocenters. The van der Waals surface area contributed by atoms with Crippen LogP contribution in [0.15, 0.2) is 18.2 Å². The fraction of sp³-hybridized carbons (Fsp3) is 0.529. The molecule has 132 valence electrons. The average Bonchev–Trinajstić information content (AvgIpc) is 3.11. The van der Waals surface area contributed by atoms with Crippen LogP contribution >= 0.6 is 0 Å². The molecule has 2 rings (SSSR count). The van der Waals surface area contributed by atoms with Gasteiger partial charge in [0, 0.05) is 12.7 Å². The van der Waals surface area contributed by atoms with Crippen LogP contribution < -0.4 is 5.32 Å². The van der Waals surface area contributed by atoms with E-state index in [1.165, 1.54) is 0 Å². The summed E-state index contributed by atoms with van der Waals surface area (Å²) in [7, 11) is -3.17. The number of carbonyl (C=O) groups excluding carboxylic acids is 1. The average molecular weight is 353 g/mol. The molecule has 0 heterocycles. The first-order valence-electron chi connectivity index (χ1n) is 7.78. The van der Waals surface area contributed by atoms with Crippen LogP contribution in [0.5, 0.6) is 0 Å². The third kappa shape index (κ3) is 5.06. The Labute approximate surface area is 142 Å². The van der Waals surface area contributed by atoms with Gasteiger partial charge >= 0.3 is 5.97 Å². The Hall–Kier alpha value is -1.89. The molecule has 1 saturated carbocycles. The molecule has 2 N–H and O–H groups in total. The number of aryl methyl sites for hydroxylation is 2. The first-order chi connectivity index (χ1) is 11.0. The van der Waals surface area contributed by atoms with E-state index in [0.717, 1.165) is 17.4 Å². The first-order valence-corrected chi connectivity index (χ1v) is 9.84. The number of hydrogen-bond donors (Lipinski definition) is 2. The standard InChI is InChI=1S/C17H23NO5S/c1-11-6-12(2)8-13(7-11)15(16(20)21)18-14(19)9-17(4-5-17)10-24(3,22)23/h6-8,15H,4-5,9-10H2,1-3H3,(H,18,19)(H,20,21). The molecule has 1 atom stereocenters. The maximum atomic E-state index is 12.3. The van der Waals surface area contributed by atoms with Crippen molar-refractivity contribution >= 4 is 21.7 Å². The van der Waals surface area contributed by atoms with E-state index in [0.29, 0.717) is 18.4 Å². The van der Waals surface area contributed by atoms with Gasteiger partial charge in [0.25, 0.3) is 0 Å². The highest BCUT2D eigenvalue weighted by molar-refractivity contribution is 7.90. The molecule has 1 amide bonds. The molecule has 24 heavy (non-hydrogen) atoms. The van der Waals surface area contributed by atoms with Crippen LogP contribution in [0.3, 0.4) is 0 Å². The Morgan fingerprint density at radius 2 is 1.75 bits per heavy atom. The van der Waals surface area contributed by atoms with Crippen molar-refractivity contribution in [1.29, 1.82) is 0 Å². The maximum absolute atomic E-state index is 12.3. The molecule has 0 spiro atoms. The molecular formula is C17H23NO5S. The fourth-order valence-electron chi connectivity index (χ4n) is 3.12. The van der Waals surface area contributed by atoms with Crippen LogP contribution in [0.1, 0.15) is 42.0 Å². The number of carboxylic acid groups (broad SMARTS) is 1. The quantitative estimate of drug-likeness (QED) is 0.778. The summed E-state index contributed by atoms with van der Waals surface area (Å²) < 4.78 is 22.9. The number of aliphatic carboxylic acids is 1. The van der Waals surface area contributed by atoms with E-state index in [9.17, 15) is 23.1 Å². The maximum Gasteiger partial charge on any atom is 0.330 e. The lowest BCUT2D eigenvalue weighted by Gasteiger charge is -2.19. The number of amides is 1. The lowest BCUT2D eigenvalue weighted by molar-refractivity contribution is -0.142. The molecule has 7 heteroatoms. The van der Waals surface area contributed by atoms with Gasteiger partial charge in [0.15, 0.2) is 6.04 Å². The van der Waals surface area contributed by atoms with Gasteiger partial charge in [-0.2, -0.15) is 0 Å². The van der Waals surface area contributed by atoms with Crippen molar-refractivity contribution in [2.75, 3.05) is 12.0 Å². The van der Waals surface area contributed by atoms with Crippen molar-refractivity contribution in [3.05, 3.63) is 34.9 Å². The van der Waals surface area contributed by atoms with Crippen molar-refractivity contribution in [3.63, 3.8) is 0 Å². The lowest BCUT2D eigenvalue weighted by atomic mass is 10.00. The normalized spacial score (nSPS) is 17.1. The minimum absolute atomic E-state index is 0.0330. The highest BCUT2D eigenvalue weighted by Gasteiger charge is 2.47. The topological polar surface area (TPSA) is 101 Å². The van der Waals surface area contributed by atoms with E-state index in [2.05, 4.69) is 5.32 Å². The van der Waals surface area contributed by atoms with Gasteiger partial charge in [-0.3, -0.25) is 4.79 Å². The second kappa shape index (κ2) is 6.55. The van der Waals surface area contributed by atoms with Gasteiger partial charge < -0.3 is 10.4 Å². The second-order valence-electron chi connectivity index (χ2n) is 7.01. The molecular weight excluding hydrogens is 330 g/mol. The van der Waals surface area contributed by atoms with E-state index < -0.39 is 33.2 Å². The Balaban J connectivity index is 2.11. The summed E-state index contributed by atoms with van der Waals surface area (Å²) in [5, 5.41) is 12.0. The number of hydrogen-bond acceptors (Lipinski definition) is 4.